The van der Waals surface area contributed by atoms with E-state index in [0.29, 0.717) is 6.20 Å². The van der Waals surface area contributed by atoms with Crippen LogP contribution in [0.5, 0.6) is 0 Å². The fourth-order valence-electron chi connectivity index (χ4n) is 1.34. The molecule has 17 heavy (non-hydrogen) atoms. The lowest BCUT2D eigenvalue weighted by atomic mass is 10.0. The van der Waals surface area contributed by atoms with Crippen LogP contribution < -0.4 is 0 Å². The Bertz CT molecular complexity index is 458. The van der Waals surface area contributed by atoms with E-state index in [0.717, 1.165) is 6.92 Å². The first-order chi connectivity index (χ1) is 7.66. The third-order valence-corrected chi connectivity index (χ3v) is 1.96. The fourth-order valence-corrected chi connectivity index (χ4v) is 1.34. The molecule has 0 saturated carbocycles. The number of hydrogen-bond donors (Lipinski definition) is 0. The molecule has 1 aromatic rings. The molecule has 0 aliphatic rings. The molecule has 0 unspecified atom stereocenters. The van der Waals surface area contributed by atoms with Crippen LogP contribution in [0.3, 0.4) is 0 Å². The van der Waals surface area contributed by atoms with E-state index >= 15 is 0 Å². The molecule has 0 spiro atoms. The molecule has 4 nitrogen and oxygen atoms in total. The van der Waals surface area contributed by atoms with Gasteiger partial charge in [0, 0.05) is 5.56 Å². The van der Waals surface area contributed by atoms with Crippen molar-refractivity contribution in [3.05, 3.63) is 33.0 Å². The zero-order valence-corrected chi connectivity index (χ0v) is 8.26. The Hall–Kier alpha value is -1.80. The zero-order valence-electron chi connectivity index (χ0n) is 8.26. The lowest BCUT2D eigenvalue weighted by Crippen LogP contribution is -2.15. The van der Waals surface area contributed by atoms with Gasteiger partial charge in [-0.1, -0.05) is 0 Å². The minimum Gasteiger partial charge on any atom is -0.358 e. The van der Waals surface area contributed by atoms with Crippen molar-refractivity contribution in [2.75, 3.05) is 0 Å². The van der Waals surface area contributed by atoms with Crippen molar-refractivity contribution in [2.45, 2.75) is 19.5 Å². The summed E-state index contributed by atoms with van der Waals surface area (Å²) in [5.74, 6) is -1.47. The molecule has 0 atom stereocenters. The van der Waals surface area contributed by atoms with Crippen LogP contribution in [0, 0.1) is 17.0 Å². The van der Waals surface area contributed by atoms with Crippen molar-refractivity contribution in [2.24, 2.45) is 0 Å². The predicted octanol–water partition coefficient (Wildman–Crippen LogP) is 3.25. The van der Waals surface area contributed by atoms with Crippen LogP contribution in [0.2, 0.25) is 0 Å². The average Bonchev–Trinajstić information content (AvgIpc) is 2.14. The molecule has 0 aliphatic heterocycles. The molecule has 1 rings (SSSR count). The van der Waals surface area contributed by atoms with Crippen LogP contribution in [0.4, 0.5) is 27.8 Å². The molecule has 0 N–H and O–H groups in total. The predicted molar refractivity (Wildman–Crippen MR) is 45.6 cm³/mol. The summed E-state index contributed by atoms with van der Waals surface area (Å²) in [4.78, 5) is 12.0. The van der Waals surface area contributed by atoms with E-state index in [2.05, 4.69) is 4.98 Å². The zero-order chi connectivity index (χ0) is 13.4. The molecule has 0 amide bonds. The molecular formula is C8H5F5N2O2. The maximum Gasteiger partial charge on any atom is 0.417 e. The molecule has 94 valence electrons. The Morgan fingerprint density at radius 3 is 2.29 bits per heavy atom. The highest BCUT2D eigenvalue weighted by Gasteiger charge is 2.42. The smallest absolute Gasteiger partial charge is 0.358 e. The SMILES string of the molecule is Cc1cnc([N+](=O)[O-])c(C(F)F)c1C(F)(F)F. The minimum atomic E-state index is -5.09. The van der Waals surface area contributed by atoms with Gasteiger partial charge in [-0.05, 0) is 16.8 Å². The number of halogens is 5. The monoisotopic (exact) mass is 256 g/mol. The standard InChI is InChI=1S/C8H5F5N2O2/c1-3-2-14-7(15(16)17)4(6(9)10)5(3)8(11,12)13/h2,6H,1H3. The first-order valence-corrected chi connectivity index (χ1v) is 4.15. The van der Waals surface area contributed by atoms with Crippen molar-refractivity contribution in [1.29, 1.82) is 0 Å². The van der Waals surface area contributed by atoms with Gasteiger partial charge in [0.2, 0.25) is 0 Å². The summed E-state index contributed by atoms with van der Waals surface area (Å²) in [5, 5.41) is 10.4. The largest absolute Gasteiger partial charge is 0.417 e. The third-order valence-electron chi connectivity index (χ3n) is 1.96. The van der Waals surface area contributed by atoms with Crippen LogP contribution in [-0.4, -0.2) is 9.91 Å². The second kappa shape index (κ2) is 4.22. The van der Waals surface area contributed by atoms with Crippen molar-refractivity contribution in [3.8, 4) is 0 Å². The molecule has 0 radical (unpaired) electrons. The second-order valence-electron chi connectivity index (χ2n) is 3.11. The lowest BCUT2D eigenvalue weighted by Gasteiger charge is -2.13. The molecule has 0 aromatic carbocycles. The molecule has 9 heteroatoms. The second-order valence-corrected chi connectivity index (χ2v) is 3.11. The van der Waals surface area contributed by atoms with Crippen molar-refractivity contribution in [1.82, 2.24) is 4.98 Å². The number of pyridine rings is 1. The highest BCUT2D eigenvalue weighted by molar-refractivity contribution is 5.45. The van der Waals surface area contributed by atoms with Crippen LogP contribution in [-0.2, 0) is 6.18 Å². The van der Waals surface area contributed by atoms with Gasteiger partial charge in [-0.2, -0.15) is 13.2 Å². The molecule has 0 saturated heterocycles. The maximum atomic E-state index is 12.5. The Labute approximate surface area is 91.2 Å². The Morgan fingerprint density at radius 2 is 1.94 bits per heavy atom. The van der Waals surface area contributed by atoms with Crippen LogP contribution in [0.15, 0.2) is 6.20 Å². The summed E-state index contributed by atoms with van der Waals surface area (Å²) in [6.45, 7) is 0.908. The van der Waals surface area contributed by atoms with Gasteiger partial charge in [-0.3, -0.25) is 0 Å². The first kappa shape index (κ1) is 13.3. The van der Waals surface area contributed by atoms with Crippen LogP contribution >= 0.6 is 0 Å². The van der Waals surface area contributed by atoms with Gasteiger partial charge >= 0.3 is 12.0 Å². The van der Waals surface area contributed by atoms with E-state index in [1.54, 1.807) is 0 Å². The topological polar surface area (TPSA) is 56.0 Å². The summed E-state index contributed by atoms with van der Waals surface area (Å²) < 4.78 is 62.6. The molecule has 1 aromatic heterocycles. The van der Waals surface area contributed by atoms with E-state index in [4.69, 9.17) is 0 Å². The molecule has 0 fully saturated rings. The summed E-state index contributed by atoms with van der Waals surface area (Å²) in [6, 6.07) is 0. The molecular weight excluding hydrogens is 251 g/mol. The fraction of sp³-hybridized carbons (Fsp3) is 0.375. The quantitative estimate of drug-likeness (QED) is 0.463. The van der Waals surface area contributed by atoms with Gasteiger partial charge in [0.1, 0.15) is 11.8 Å². The van der Waals surface area contributed by atoms with Gasteiger partial charge in [-0.25, -0.2) is 8.78 Å². The first-order valence-electron chi connectivity index (χ1n) is 4.15. The molecule has 0 bridgehead atoms. The lowest BCUT2D eigenvalue weighted by molar-refractivity contribution is -0.391. The summed E-state index contributed by atoms with van der Waals surface area (Å²) in [5.41, 5.74) is -3.98. The number of nitro groups is 1. The van der Waals surface area contributed by atoms with Crippen molar-refractivity contribution < 1.29 is 26.9 Å². The summed E-state index contributed by atoms with van der Waals surface area (Å²) in [7, 11) is 0. The Kier molecular flexibility index (Phi) is 3.30. The molecule has 0 aliphatic carbocycles. The van der Waals surface area contributed by atoms with Gasteiger partial charge < -0.3 is 10.1 Å². The van der Waals surface area contributed by atoms with Crippen LogP contribution in [0.1, 0.15) is 23.1 Å². The van der Waals surface area contributed by atoms with Crippen molar-refractivity contribution >= 4 is 5.82 Å². The minimum absolute atomic E-state index is 0.548. The number of aryl methyl sites for hydroxylation is 1. The van der Waals surface area contributed by atoms with E-state index in [1.165, 1.54) is 0 Å². The van der Waals surface area contributed by atoms with Gasteiger partial charge in [-0.15, -0.1) is 0 Å². The summed E-state index contributed by atoms with van der Waals surface area (Å²) in [6.07, 6.45) is -8.17. The van der Waals surface area contributed by atoms with E-state index in [9.17, 15) is 32.1 Å². The Balaban J connectivity index is 3.67. The molecule has 1 heterocycles. The highest BCUT2D eigenvalue weighted by Crippen LogP contribution is 2.41. The number of hydrogen-bond acceptors (Lipinski definition) is 3. The summed E-state index contributed by atoms with van der Waals surface area (Å²) >= 11 is 0. The van der Waals surface area contributed by atoms with E-state index in [1.807, 2.05) is 0 Å². The third kappa shape index (κ3) is 2.48. The highest BCUT2D eigenvalue weighted by atomic mass is 19.4. The van der Waals surface area contributed by atoms with E-state index < -0.39 is 40.0 Å². The normalized spacial score (nSPS) is 11.9. The van der Waals surface area contributed by atoms with Crippen molar-refractivity contribution in [3.63, 3.8) is 0 Å². The van der Waals surface area contributed by atoms with Gasteiger partial charge in [0.25, 0.3) is 6.43 Å². The van der Waals surface area contributed by atoms with Gasteiger partial charge in [0.05, 0.1) is 5.56 Å². The Morgan fingerprint density at radius 1 is 1.41 bits per heavy atom. The van der Waals surface area contributed by atoms with E-state index in [-0.39, 0.29) is 0 Å². The number of alkyl halides is 5. The number of rotatable bonds is 2. The van der Waals surface area contributed by atoms with Crippen LogP contribution in [0.25, 0.3) is 0 Å². The van der Waals surface area contributed by atoms with Gasteiger partial charge in [0.15, 0.2) is 0 Å². The number of aromatic nitrogens is 1. The average molecular weight is 256 g/mol. The maximum absolute atomic E-state index is 12.5. The number of nitrogens with zero attached hydrogens (tertiary/aromatic N) is 2.